The molecule has 138 valence electrons. The molecule has 0 fully saturated rings. The maximum atomic E-state index is 12.1. The van der Waals surface area contributed by atoms with Crippen molar-refractivity contribution in [3.8, 4) is 0 Å². The van der Waals surface area contributed by atoms with E-state index in [0.29, 0.717) is 19.6 Å². The summed E-state index contributed by atoms with van der Waals surface area (Å²) in [7, 11) is 0. The van der Waals surface area contributed by atoms with Crippen LogP contribution >= 0.6 is 23.1 Å². The van der Waals surface area contributed by atoms with Gasteiger partial charge in [-0.2, -0.15) is 0 Å². The topological polar surface area (TPSA) is 55.6 Å². The van der Waals surface area contributed by atoms with Gasteiger partial charge in [-0.3, -0.25) is 4.90 Å². The zero-order valence-corrected chi connectivity index (χ0v) is 17.0. The number of unbranched alkanes of at least 4 members (excludes halogenated alkanes) is 1. The summed E-state index contributed by atoms with van der Waals surface area (Å²) in [6.07, 6.45) is 7.46. The first kappa shape index (κ1) is 23.0. The zero-order valence-electron chi connectivity index (χ0n) is 15.4. The highest BCUT2D eigenvalue weighted by Gasteiger charge is 2.17. The fraction of sp³-hybridized carbons (Fsp3) is 0.611. The van der Waals surface area contributed by atoms with Crippen LogP contribution in [0.15, 0.2) is 28.5 Å². The quantitative estimate of drug-likeness (QED) is 0.654. The molecule has 1 heterocycles. The number of carbonyl (C=O) groups is 1. The van der Waals surface area contributed by atoms with E-state index in [0.717, 1.165) is 11.3 Å². The normalized spacial score (nSPS) is 10.8. The number of thioether (sulfide) groups is 1. The Morgan fingerprint density at radius 2 is 2.08 bits per heavy atom. The van der Waals surface area contributed by atoms with Gasteiger partial charge < -0.3 is 10.5 Å². The van der Waals surface area contributed by atoms with Crippen molar-refractivity contribution in [1.29, 1.82) is 0 Å². The summed E-state index contributed by atoms with van der Waals surface area (Å²) >= 11 is 3.31. The standard InChI is InChI=1S/C14H22N2O2S2.C4H10/c1-3-5-12(19-2)10-16(14(17)18-8-7-15)11-13-6-4-9-20-13;1-3-4-2/h4-6,9H,3,7-8,10-11,15H2,1-2H3;3-4H2,1-2H3/b12-5-;. The molecule has 0 aliphatic carbocycles. The van der Waals surface area contributed by atoms with Crippen LogP contribution in [-0.4, -0.2) is 36.9 Å². The van der Waals surface area contributed by atoms with Gasteiger partial charge >= 0.3 is 6.09 Å². The van der Waals surface area contributed by atoms with E-state index in [-0.39, 0.29) is 12.7 Å². The van der Waals surface area contributed by atoms with Gasteiger partial charge in [-0.15, -0.1) is 23.1 Å². The Kier molecular flexibility index (Phi) is 14.9. The molecule has 0 radical (unpaired) electrons. The van der Waals surface area contributed by atoms with Gasteiger partial charge in [0.1, 0.15) is 6.61 Å². The Morgan fingerprint density at radius 1 is 1.38 bits per heavy atom. The summed E-state index contributed by atoms with van der Waals surface area (Å²) in [5.74, 6) is 0. The molecular formula is C18H32N2O2S2. The Balaban J connectivity index is 0.00000118. The van der Waals surface area contributed by atoms with Gasteiger partial charge in [0.2, 0.25) is 0 Å². The molecule has 24 heavy (non-hydrogen) atoms. The molecule has 1 aromatic heterocycles. The number of nitrogens with zero attached hydrogens (tertiary/aromatic N) is 1. The maximum absolute atomic E-state index is 12.1. The third-order valence-corrected chi connectivity index (χ3v) is 4.75. The van der Waals surface area contributed by atoms with Crippen LogP contribution in [0.25, 0.3) is 0 Å². The Hall–Kier alpha value is -0.980. The van der Waals surface area contributed by atoms with E-state index in [1.807, 2.05) is 23.8 Å². The monoisotopic (exact) mass is 372 g/mol. The van der Waals surface area contributed by atoms with Crippen molar-refractivity contribution >= 4 is 29.2 Å². The number of carbonyl (C=O) groups excluding carboxylic acids is 1. The molecule has 0 aromatic carbocycles. The molecule has 4 nitrogen and oxygen atoms in total. The Labute approximate surface area is 155 Å². The SMILES string of the molecule is CC/C=C(/CN(Cc1cccs1)C(=O)OCCN)SC.CCCC. The Bertz CT molecular complexity index is 446. The van der Waals surface area contributed by atoms with Gasteiger partial charge in [0, 0.05) is 16.3 Å². The predicted molar refractivity (Wildman–Crippen MR) is 108 cm³/mol. The van der Waals surface area contributed by atoms with Crippen LogP contribution in [0.5, 0.6) is 0 Å². The first-order valence-electron chi connectivity index (χ1n) is 8.49. The van der Waals surface area contributed by atoms with Crippen LogP contribution in [0.1, 0.15) is 44.9 Å². The van der Waals surface area contributed by atoms with E-state index < -0.39 is 0 Å². The number of thiophene rings is 1. The van der Waals surface area contributed by atoms with Crippen LogP contribution in [0.3, 0.4) is 0 Å². The first-order valence-corrected chi connectivity index (χ1v) is 10.6. The number of amides is 1. The molecule has 0 bridgehead atoms. The van der Waals surface area contributed by atoms with E-state index >= 15 is 0 Å². The van der Waals surface area contributed by atoms with Gasteiger partial charge in [-0.05, 0) is 24.1 Å². The van der Waals surface area contributed by atoms with Crippen LogP contribution < -0.4 is 5.73 Å². The minimum atomic E-state index is -0.306. The van der Waals surface area contributed by atoms with Crippen molar-refractivity contribution < 1.29 is 9.53 Å². The van der Waals surface area contributed by atoms with Gasteiger partial charge in [-0.1, -0.05) is 45.8 Å². The second-order valence-electron chi connectivity index (χ2n) is 5.12. The zero-order chi connectivity index (χ0) is 18.2. The highest BCUT2D eigenvalue weighted by atomic mass is 32.2. The number of nitrogens with two attached hydrogens (primary N) is 1. The first-order chi connectivity index (χ1) is 11.6. The summed E-state index contributed by atoms with van der Waals surface area (Å²) in [5.41, 5.74) is 5.38. The molecule has 1 rings (SSSR count). The minimum absolute atomic E-state index is 0.256. The summed E-state index contributed by atoms with van der Waals surface area (Å²) in [6, 6.07) is 4.01. The van der Waals surface area contributed by atoms with E-state index in [1.54, 1.807) is 28.0 Å². The average molecular weight is 373 g/mol. The van der Waals surface area contributed by atoms with Crippen molar-refractivity contribution in [2.45, 2.75) is 46.6 Å². The highest BCUT2D eigenvalue weighted by molar-refractivity contribution is 8.02. The van der Waals surface area contributed by atoms with Crippen LogP contribution in [0, 0.1) is 0 Å². The van der Waals surface area contributed by atoms with Crippen molar-refractivity contribution in [3.63, 3.8) is 0 Å². The molecule has 1 aromatic rings. The predicted octanol–water partition coefficient (Wildman–Crippen LogP) is 5.11. The van der Waals surface area contributed by atoms with Gasteiger partial charge in [0.15, 0.2) is 0 Å². The molecule has 2 N–H and O–H groups in total. The van der Waals surface area contributed by atoms with E-state index in [9.17, 15) is 4.79 Å². The molecule has 0 unspecified atom stereocenters. The highest BCUT2D eigenvalue weighted by Crippen LogP contribution is 2.18. The van der Waals surface area contributed by atoms with Crippen molar-refractivity contribution in [2.75, 3.05) is 26.0 Å². The third-order valence-electron chi connectivity index (χ3n) is 3.07. The molecule has 0 saturated carbocycles. The lowest BCUT2D eigenvalue weighted by atomic mass is 10.3. The van der Waals surface area contributed by atoms with Crippen LogP contribution in [-0.2, 0) is 11.3 Å². The lowest BCUT2D eigenvalue weighted by Gasteiger charge is -2.22. The number of allylic oxidation sites excluding steroid dienone is 1. The number of ether oxygens (including phenoxy) is 1. The number of hydrogen-bond donors (Lipinski definition) is 1. The lowest BCUT2D eigenvalue weighted by Crippen LogP contribution is -2.33. The third kappa shape index (κ3) is 10.7. The van der Waals surface area contributed by atoms with Crippen molar-refractivity contribution in [1.82, 2.24) is 4.90 Å². The smallest absolute Gasteiger partial charge is 0.410 e. The summed E-state index contributed by atoms with van der Waals surface area (Å²) in [6.45, 7) is 8.20. The molecule has 6 heteroatoms. The minimum Gasteiger partial charge on any atom is -0.448 e. The van der Waals surface area contributed by atoms with E-state index in [1.165, 1.54) is 17.7 Å². The fourth-order valence-electron chi connectivity index (χ4n) is 1.64. The summed E-state index contributed by atoms with van der Waals surface area (Å²) in [4.78, 5) is 16.1. The second kappa shape index (κ2) is 15.5. The Morgan fingerprint density at radius 3 is 2.54 bits per heavy atom. The number of hydrogen-bond acceptors (Lipinski definition) is 5. The number of rotatable bonds is 9. The lowest BCUT2D eigenvalue weighted by molar-refractivity contribution is 0.107. The molecule has 0 spiro atoms. The molecule has 0 saturated heterocycles. The summed E-state index contributed by atoms with van der Waals surface area (Å²) < 4.78 is 5.16. The fourth-order valence-corrected chi connectivity index (χ4v) is 2.98. The van der Waals surface area contributed by atoms with Gasteiger partial charge in [0.05, 0.1) is 13.1 Å². The molecular weight excluding hydrogens is 340 g/mol. The van der Waals surface area contributed by atoms with E-state index in [2.05, 4.69) is 26.8 Å². The average Bonchev–Trinajstić information content (AvgIpc) is 3.11. The largest absolute Gasteiger partial charge is 0.448 e. The molecule has 0 aliphatic heterocycles. The van der Waals surface area contributed by atoms with Gasteiger partial charge in [-0.25, -0.2) is 4.79 Å². The summed E-state index contributed by atoms with van der Waals surface area (Å²) in [5, 5.41) is 2.01. The van der Waals surface area contributed by atoms with Crippen molar-refractivity contribution in [3.05, 3.63) is 33.4 Å². The van der Waals surface area contributed by atoms with Crippen LogP contribution in [0.4, 0.5) is 4.79 Å². The second-order valence-corrected chi connectivity index (χ2v) is 7.09. The van der Waals surface area contributed by atoms with Crippen molar-refractivity contribution in [2.24, 2.45) is 5.73 Å². The molecule has 1 amide bonds. The van der Waals surface area contributed by atoms with Crippen LogP contribution in [0.2, 0.25) is 0 Å². The molecule has 0 atom stereocenters. The maximum Gasteiger partial charge on any atom is 0.410 e. The van der Waals surface area contributed by atoms with Gasteiger partial charge in [0.25, 0.3) is 0 Å². The van der Waals surface area contributed by atoms with E-state index in [4.69, 9.17) is 10.5 Å². The molecule has 0 aliphatic rings.